The van der Waals surface area contributed by atoms with Gasteiger partial charge in [0, 0.05) is 10.3 Å². The number of benzene rings is 1. The fourth-order valence-corrected chi connectivity index (χ4v) is 3.89. The molecule has 2 aromatic heterocycles. The number of carbonyl (C=O) groups excluding carboxylic acids is 1. The first-order valence-corrected chi connectivity index (χ1v) is 9.13. The van der Waals surface area contributed by atoms with E-state index in [9.17, 15) is 9.18 Å². The molecule has 3 aromatic rings. The van der Waals surface area contributed by atoms with E-state index in [4.69, 9.17) is 0 Å². The number of hydrogen-bond acceptors (Lipinski definition) is 5. The number of thioether (sulfide) groups is 1. The zero-order chi connectivity index (χ0) is 15.4. The second kappa shape index (κ2) is 7.04. The second-order valence-corrected chi connectivity index (χ2v) is 7.16. The third-order valence-electron chi connectivity index (χ3n) is 2.71. The summed E-state index contributed by atoms with van der Waals surface area (Å²) in [5.74, 6) is -0.140. The number of carbonyl (C=O) groups is 1. The molecule has 22 heavy (non-hydrogen) atoms. The zero-order valence-electron chi connectivity index (χ0n) is 11.3. The lowest BCUT2D eigenvalue weighted by Crippen LogP contribution is -2.13. The zero-order valence-corrected chi connectivity index (χ0v) is 13.7. The maximum Gasteiger partial charge on any atom is 0.236 e. The van der Waals surface area contributed by atoms with E-state index in [0.29, 0.717) is 5.13 Å². The maximum atomic E-state index is 12.8. The molecule has 0 saturated heterocycles. The van der Waals surface area contributed by atoms with E-state index in [1.54, 1.807) is 23.5 Å². The van der Waals surface area contributed by atoms with Gasteiger partial charge in [0.15, 0.2) is 5.13 Å². The molecule has 2 heterocycles. The minimum atomic E-state index is -0.280. The van der Waals surface area contributed by atoms with Gasteiger partial charge >= 0.3 is 0 Å². The number of thiophene rings is 1. The Morgan fingerprint density at radius 2 is 2.05 bits per heavy atom. The summed E-state index contributed by atoms with van der Waals surface area (Å²) in [4.78, 5) is 18.2. The number of anilines is 1. The van der Waals surface area contributed by atoms with Crippen LogP contribution in [0.3, 0.4) is 0 Å². The molecule has 0 radical (unpaired) electrons. The Balaban J connectivity index is 1.54. The van der Waals surface area contributed by atoms with Crippen LogP contribution in [0.4, 0.5) is 9.52 Å². The van der Waals surface area contributed by atoms with E-state index >= 15 is 0 Å². The Hall–Kier alpha value is -1.70. The van der Waals surface area contributed by atoms with Crippen LogP contribution < -0.4 is 5.32 Å². The lowest BCUT2D eigenvalue weighted by Gasteiger charge is -2.02. The minimum absolute atomic E-state index is 0.124. The van der Waals surface area contributed by atoms with Gasteiger partial charge in [-0.15, -0.1) is 34.4 Å². The summed E-state index contributed by atoms with van der Waals surface area (Å²) < 4.78 is 12.8. The summed E-state index contributed by atoms with van der Waals surface area (Å²) in [6, 6.07) is 10.0. The number of rotatable bonds is 5. The van der Waals surface area contributed by atoms with Gasteiger partial charge in [0.1, 0.15) is 5.82 Å². The third kappa shape index (κ3) is 3.94. The van der Waals surface area contributed by atoms with E-state index in [-0.39, 0.29) is 17.5 Å². The van der Waals surface area contributed by atoms with Crippen molar-refractivity contribution in [3.63, 3.8) is 0 Å². The second-order valence-electron chi connectivity index (χ2n) is 4.31. The highest BCUT2D eigenvalue weighted by molar-refractivity contribution is 8.00. The average molecular weight is 350 g/mol. The smallest absolute Gasteiger partial charge is 0.236 e. The van der Waals surface area contributed by atoms with Gasteiger partial charge in [-0.05, 0) is 35.7 Å². The quantitative estimate of drug-likeness (QED) is 0.676. The highest BCUT2D eigenvalue weighted by Crippen LogP contribution is 2.28. The van der Waals surface area contributed by atoms with Gasteiger partial charge in [0.05, 0.1) is 16.3 Å². The van der Waals surface area contributed by atoms with Gasteiger partial charge in [-0.1, -0.05) is 6.07 Å². The Labute approximate surface area is 139 Å². The summed E-state index contributed by atoms with van der Waals surface area (Å²) in [6.45, 7) is 0. The predicted molar refractivity (Wildman–Crippen MR) is 91.2 cm³/mol. The summed E-state index contributed by atoms with van der Waals surface area (Å²) in [6.07, 6.45) is 0. The largest absolute Gasteiger partial charge is 0.301 e. The van der Waals surface area contributed by atoms with E-state index in [1.807, 2.05) is 22.9 Å². The summed E-state index contributed by atoms with van der Waals surface area (Å²) in [5.41, 5.74) is 0.876. The van der Waals surface area contributed by atoms with E-state index < -0.39 is 0 Å². The van der Waals surface area contributed by atoms with Gasteiger partial charge in [0.2, 0.25) is 5.91 Å². The molecule has 1 aromatic carbocycles. The van der Waals surface area contributed by atoms with Crippen LogP contribution in [0, 0.1) is 5.82 Å². The molecular formula is C15H11FN2OS3. The molecule has 0 aliphatic rings. The van der Waals surface area contributed by atoms with Crippen LogP contribution in [-0.4, -0.2) is 16.6 Å². The molecule has 0 atom stereocenters. The van der Waals surface area contributed by atoms with E-state index in [0.717, 1.165) is 15.5 Å². The predicted octanol–water partition coefficient (Wildman–Crippen LogP) is 4.74. The number of thiazole rings is 1. The molecule has 1 amide bonds. The van der Waals surface area contributed by atoms with Crippen molar-refractivity contribution in [2.24, 2.45) is 0 Å². The average Bonchev–Trinajstić information content (AvgIpc) is 3.17. The van der Waals surface area contributed by atoms with Crippen molar-refractivity contribution < 1.29 is 9.18 Å². The summed E-state index contributed by atoms with van der Waals surface area (Å²) >= 11 is 4.38. The molecule has 0 spiro atoms. The molecule has 0 aliphatic heterocycles. The van der Waals surface area contributed by atoms with E-state index in [1.165, 1.54) is 35.2 Å². The first kappa shape index (κ1) is 15.2. The van der Waals surface area contributed by atoms with Gasteiger partial charge < -0.3 is 5.32 Å². The van der Waals surface area contributed by atoms with Crippen LogP contribution in [-0.2, 0) is 4.79 Å². The van der Waals surface area contributed by atoms with Crippen molar-refractivity contribution in [3.05, 3.63) is 53.0 Å². The van der Waals surface area contributed by atoms with Crippen LogP contribution in [0.2, 0.25) is 0 Å². The molecule has 3 nitrogen and oxygen atoms in total. The molecule has 3 rings (SSSR count). The lowest BCUT2D eigenvalue weighted by molar-refractivity contribution is -0.113. The number of hydrogen-bond donors (Lipinski definition) is 1. The molecular weight excluding hydrogens is 339 g/mol. The number of halogens is 1. The normalized spacial score (nSPS) is 10.6. The fourth-order valence-electron chi connectivity index (χ4n) is 1.70. The summed E-state index contributed by atoms with van der Waals surface area (Å²) in [5, 5.41) is 7.29. The lowest BCUT2D eigenvalue weighted by atomic mass is 10.4. The van der Waals surface area contributed by atoms with Crippen molar-refractivity contribution in [1.29, 1.82) is 0 Å². The van der Waals surface area contributed by atoms with Crippen molar-refractivity contribution in [2.45, 2.75) is 4.90 Å². The Kier molecular flexibility index (Phi) is 4.87. The highest BCUT2D eigenvalue weighted by atomic mass is 32.2. The van der Waals surface area contributed by atoms with Crippen molar-refractivity contribution >= 4 is 45.5 Å². The summed E-state index contributed by atoms with van der Waals surface area (Å²) in [7, 11) is 0. The minimum Gasteiger partial charge on any atom is -0.301 e. The van der Waals surface area contributed by atoms with Crippen LogP contribution in [0.25, 0.3) is 10.6 Å². The highest BCUT2D eigenvalue weighted by Gasteiger charge is 2.09. The van der Waals surface area contributed by atoms with Gasteiger partial charge in [-0.25, -0.2) is 9.37 Å². The molecule has 7 heteroatoms. The molecule has 0 bridgehead atoms. The molecule has 1 N–H and O–H groups in total. The maximum absolute atomic E-state index is 12.8. The number of amides is 1. The molecule has 0 aliphatic carbocycles. The fraction of sp³-hybridized carbons (Fsp3) is 0.0667. The topological polar surface area (TPSA) is 42.0 Å². The van der Waals surface area contributed by atoms with Crippen molar-refractivity contribution in [1.82, 2.24) is 4.98 Å². The van der Waals surface area contributed by atoms with E-state index in [2.05, 4.69) is 10.3 Å². The Morgan fingerprint density at radius 3 is 2.77 bits per heavy atom. The number of nitrogens with zero attached hydrogens (tertiary/aromatic N) is 1. The number of nitrogens with one attached hydrogen (secondary N) is 1. The molecule has 0 fully saturated rings. The Bertz CT molecular complexity index is 753. The van der Waals surface area contributed by atoms with Crippen molar-refractivity contribution in [3.8, 4) is 10.6 Å². The van der Waals surface area contributed by atoms with Gasteiger partial charge in [0.25, 0.3) is 0 Å². The standard InChI is InChI=1S/C15H11FN2OS3/c16-10-3-5-11(6-4-10)21-9-14(19)18-15-17-12(8-22-15)13-2-1-7-20-13/h1-8H,9H2,(H,17,18,19). The third-order valence-corrected chi connectivity index (χ3v) is 5.37. The van der Waals surface area contributed by atoms with Crippen molar-refractivity contribution in [2.75, 3.05) is 11.1 Å². The monoisotopic (exact) mass is 350 g/mol. The molecule has 0 unspecified atom stereocenters. The number of aromatic nitrogens is 1. The van der Waals surface area contributed by atoms with Crippen LogP contribution in [0.1, 0.15) is 0 Å². The molecule has 112 valence electrons. The Morgan fingerprint density at radius 1 is 1.23 bits per heavy atom. The van der Waals surface area contributed by atoms with Crippen LogP contribution in [0.5, 0.6) is 0 Å². The van der Waals surface area contributed by atoms with Gasteiger partial charge in [-0.2, -0.15) is 0 Å². The first-order valence-electron chi connectivity index (χ1n) is 6.38. The molecule has 0 saturated carbocycles. The SMILES string of the molecule is O=C(CSc1ccc(F)cc1)Nc1nc(-c2cccs2)cs1. The van der Waals surface area contributed by atoms with Crippen LogP contribution >= 0.6 is 34.4 Å². The van der Waals surface area contributed by atoms with Crippen LogP contribution in [0.15, 0.2) is 52.1 Å². The van der Waals surface area contributed by atoms with Gasteiger partial charge in [-0.3, -0.25) is 4.79 Å². The first-order chi connectivity index (χ1) is 10.7.